The maximum absolute atomic E-state index is 14.3. The predicted octanol–water partition coefficient (Wildman–Crippen LogP) is 6.71. The molecular formula is C35H44FN3O4S. The largest absolute Gasteiger partial charge is 0.352 e. The smallest absolute Gasteiger partial charge is 0.264 e. The van der Waals surface area contributed by atoms with Crippen LogP contribution >= 0.6 is 0 Å². The van der Waals surface area contributed by atoms with Crippen LogP contribution in [-0.4, -0.2) is 43.8 Å². The molecule has 236 valence electrons. The third-order valence-corrected chi connectivity index (χ3v) is 10.1. The molecule has 9 heteroatoms. The standard InChI is InChI=1S/C35H44FN3O4S/c1-5-33(35(41)37-30-9-7-6-8-10-30)38(23-27-13-17-29(36)18-14-27)34(40)24-39(31-19-15-28(16-20-31)25(2)3)44(42,43)32-21-11-26(4)12-22-32/h11-22,25,30,33H,5-10,23-24H2,1-4H3,(H,37,41)/t33-/m1/s1. The highest BCUT2D eigenvalue weighted by atomic mass is 32.2. The first-order valence-corrected chi connectivity index (χ1v) is 17.0. The molecule has 1 N–H and O–H groups in total. The minimum Gasteiger partial charge on any atom is -0.352 e. The van der Waals surface area contributed by atoms with E-state index in [2.05, 4.69) is 19.2 Å². The Morgan fingerprint density at radius 2 is 1.52 bits per heavy atom. The number of hydrogen-bond acceptors (Lipinski definition) is 4. The summed E-state index contributed by atoms with van der Waals surface area (Å²) in [6.07, 6.45) is 5.34. The Morgan fingerprint density at radius 3 is 2.09 bits per heavy atom. The van der Waals surface area contributed by atoms with Crippen LogP contribution in [0, 0.1) is 12.7 Å². The van der Waals surface area contributed by atoms with Crippen LogP contribution in [0.25, 0.3) is 0 Å². The first-order valence-electron chi connectivity index (χ1n) is 15.5. The highest BCUT2D eigenvalue weighted by molar-refractivity contribution is 7.92. The van der Waals surface area contributed by atoms with E-state index in [-0.39, 0.29) is 29.3 Å². The van der Waals surface area contributed by atoms with Crippen molar-refractivity contribution in [2.45, 2.75) is 95.7 Å². The number of aryl methyl sites for hydroxylation is 1. The van der Waals surface area contributed by atoms with Gasteiger partial charge in [-0.3, -0.25) is 13.9 Å². The predicted molar refractivity (Wildman–Crippen MR) is 172 cm³/mol. The van der Waals surface area contributed by atoms with Gasteiger partial charge in [0.15, 0.2) is 0 Å². The minimum absolute atomic E-state index is 0.0282. The molecule has 0 saturated heterocycles. The van der Waals surface area contributed by atoms with Gasteiger partial charge in [-0.1, -0.05) is 82.0 Å². The molecule has 0 spiro atoms. The van der Waals surface area contributed by atoms with E-state index in [0.717, 1.165) is 47.5 Å². The van der Waals surface area contributed by atoms with Crippen LogP contribution in [0.1, 0.15) is 81.9 Å². The molecule has 0 heterocycles. The second-order valence-corrected chi connectivity index (χ2v) is 13.8. The molecule has 0 unspecified atom stereocenters. The lowest BCUT2D eigenvalue weighted by Crippen LogP contribution is -2.54. The fraction of sp³-hybridized carbons (Fsp3) is 0.429. The molecule has 0 aromatic heterocycles. The first-order chi connectivity index (χ1) is 21.0. The quantitative estimate of drug-likeness (QED) is 0.244. The number of benzene rings is 3. The van der Waals surface area contributed by atoms with Gasteiger partial charge in [0.2, 0.25) is 11.8 Å². The Bertz CT molecular complexity index is 1500. The Balaban J connectivity index is 1.71. The average molecular weight is 622 g/mol. The van der Waals surface area contributed by atoms with Crippen LogP contribution < -0.4 is 9.62 Å². The Morgan fingerprint density at radius 1 is 0.909 bits per heavy atom. The van der Waals surface area contributed by atoms with Crippen molar-refractivity contribution in [2.24, 2.45) is 0 Å². The molecule has 3 aromatic carbocycles. The summed E-state index contributed by atoms with van der Waals surface area (Å²) in [5, 5.41) is 3.14. The molecule has 1 fully saturated rings. The highest BCUT2D eigenvalue weighted by Crippen LogP contribution is 2.27. The Kier molecular flexibility index (Phi) is 11.2. The van der Waals surface area contributed by atoms with Crippen molar-refractivity contribution in [3.05, 3.63) is 95.3 Å². The molecule has 44 heavy (non-hydrogen) atoms. The third-order valence-electron chi connectivity index (χ3n) is 8.34. The number of rotatable bonds is 12. The third kappa shape index (κ3) is 8.25. The van der Waals surface area contributed by atoms with Crippen LogP contribution in [0.5, 0.6) is 0 Å². The molecule has 1 atom stereocenters. The number of carbonyl (C=O) groups is 2. The number of hydrogen-bond donors (Lipinski definition) is 1. The van der Waals surface area contributed by atoms with Gasteiger partial charge in [-0.15, -0.1) is 0 Å². The summed E-state index contributed by atoms with van der Waals surface area (Å²) in [4.78, 5) is 29.4. The topological polar surface area (TPSA) is 86.8 Å². The lowest BCUT2D eigenvalue weighted by atomic mass is 9.95. The van der Waals surface area contributed by atoms with E-state index < -0.39 is 34.3 Å². The van der Waals surface area contributed by atoms with E-state index in [0.29, 0.717) is 17.7 Å². The van der Waals surface area contributed by atoms with Gasteiger partial charge in [-0.05, 0) is 79.6 Å². The fourth-order valence-electron chi connectivity index (χ4n) is 5.64. The molecule has 0 aliphatic heterocycles. The summed E-state index contributed by atoms with van der Waals surface area (Å²) in [7, 11) is -4.15. The number of carbonyl (C=O) groups excluding carboxylic acids is 2. The van der Waals surface area contributed by atoms with Crippen molar-refractivity contribution < 1.29 is 22.4 Å². The zero-order valence-corrected chi connectivity index (χ0v) is 26.9. The lowest BCUT2D eigenvalue weighted by molar-refractivity contribution is -0.140. The van der Waals surface area contributed by atoms with Gasteiger partial charge in [0.05, 0.1) is 10.6 Å². The van der Waals surface area contributed by atoms with Crippen molar-refractivity contribution in [3.8, 4) is 0 Å². The summed E-state index contributed by atoms with van der Waals surface area (Å²) in [6.45, 7) is 7.33. The second-order valence-electron chi connectivity index (χ2n) is 12.0. The van der Waals surface area contributed by atoms with Gasteiger partial charge in [0.25, 0.3) is 10.0 Å². The van der Waals surface area contributed by atoms with Crippen LogP contribution in [0.2, 0.25) is 0 Å². The molecule has 1 aliphatic rings. The number of nitrogens with one attached hydrogen (secondary N) is 1. The van der Waals surface area contributed by atoms with Crippen LogP contribution in [0.4, 0.5) is 10.1 Å². The van der Waals surface area contributed by atoms with E-state index in [4.69, 9.17) is 0 Å². The van der Waals surface area contributed by atoms with Gasteiger partial charge >= 0.3 is 0 Å². The molecule has 1 aliphatic carbocycles. The normalized spacial score (nSPS) is 14.7. The fourth-order valence-corrected chi connectivity index (χ4v) is 7.06. The van der Waals surface area contributed by atoms with E-state index >= 15 is 0 Å². The lowest BCUT2D eigenvalue weighted by Gasteiger charge is -2.34. The summed E-state index contributed by atoms with van der Waals surface area (Å²) in [6, 6.07) is 18.7. The zero-order chi connectivity index (χ0) is 31.9. The average Bonchev–Trinajstić information content (AvgIpc) is 3.01. The Labute approximate surface area is 261 Å². The summed E-state index contributed by atoms with van der Waals surface area (Å²) < 4.78 is 43.0. The molecule has 4 rings (SSSR count). The van der Waals surface area contributed by atoms with Gasteiger partial charge < -0.3 is 10.2 Å². The van der Waals surface area contributed by atoms with E-state index in [9.17, 15) is 22.4 Å². The number of anilines is 1. The number of sulfonamides is 1. The molecule has 0 radical (unpaired) electrons. The number of amides is 2. The van der Waals surface area contributed by atoms with E-state index in [1.807, 2.05) is 26.0 Å². The van der Waals surface area contributed by atoms with Crippen LogP contribution in [0.3, 0.4) is 0 Å². The van der Waals surface area contributed by atoms with Gasteiger partial charge in [-0.25, -0.2) is 12.8 Å². The monoisotopic (exact) mass is 621 g/mol. The highest BCUT2D eigenvalue weighted by Gasteiger charge is 2.34. The summed E-state index contributed by atoms with van der Waals surface area (Å²) in [5.41, 5.74) is 2.94. The van der Waals surface area contributed by atoms with E-state index in [1.54, 1.807) is 36.4 Å². The molecule has 0 bridgehead atoms. The van der Waals surface area contributed by atoms with Gasteiger partial charge in [0.1, 0.15) is 18.4 Å². The molecule has 1 saturated carbocycles. The van der Waals surface area contributed by atoms with Crippen LogP contribution in [0.15, 0.2) is 77.7 Å². The maximum Gasteiger partial charge on any atom is 0.264 e. The number of nitrogens with zero attached hydrogens (tertiary/aromatic N) is 2. The minimum atomic E-state index is -4.15. The summed E-state index contributed by atoms with van der Waals surface area (Å²) >= 11 is 0. The van der Waals surface area contributed by atoms with Crippen LogP contribution in [-0.2, 0) is 26.2 Å². The molecule has 7 nitrogen and oxygen atoms in total. The van der Waals surface area contributed by atoms with Crippen molar-refractivity contribution >= 4 is 27.5 Å². The second kappa shape index (κ2) is 14.8. The Hall–Kier alpha value is -3.72. The SMILES string of the molecule is CC[C@H](C(=O)NC1CCCCC1)N(Cc1ccc(F)cc1)C(=O)CN(c1ccc(C(C)C)cc1)S(=O)(=O)c1ccc(C)cc1. The van der Waals surface area contributed by atoms with Crippen molar-refractivity contribution in [1.29, 1.82) is 0 Å². The van der Waals surface area contributed by atoms with Crippen molar-refractivity contribution in [2.75, 3.05) is 10.8 Å². The van der Waals surface area contributed by atoms with E-state index in [1.165, 1.54) is 29.2 Å². The number of halogens is 1. The first kappa shape index (κ1) is 33.2. The maximum atomic E-state index is 14.3. The van der Waals surface area contributed by atoms with Gasteiger partial charge in [0, 0.05) is 12.6 Å². The van der Waals surface area contributed by atoms with Crippen molar-refractivity contribution in [3.63, 3.8) is 0 Å². The summed E-state index contributed by atoms with van der Waals surface area (Å²) in [5.74, 6) is -0.950. The molecular weight excluding hydrogens is 577 g/mol. The van der Waals surface area contributed by atoms with Crippen molar-refractivity contribution in [1.82, 2.24) is 10.2 Å². The molecule has 2 amide bonds. The zero-order valence-electron chi connectivity index (χ0n) is 26.1. The molecule has 3 aromatic rings. The van der Waals surface area contributed by atoms with Gasteiger partial charge in [-0.2, -0.15) is 0 Å².